The van der Waals surface area contributed by atoms with Gasteiger partial charge < -0.3 is 0 Å². The van der Waals surface area contributed by atoms with Crippen LogP contribution in [0.4, 0.5) is 0 Å². The first-order valence-corrected chi connectivity index (χ1v) is 6.90. The van der Waals surface area contributed by atoms with Crippen LogP contribution >= 0.6 is 0 Å². The molecule has 1 aromatic carbocycles. The van der Waals surface area contributed by atoms with Gasteiger partial charge in [-0.2, -0.15) is 0 Å². The zero-order valence-electron chi connectivity index (χ0n) is 10.7. The van der Waals surface area contributed by atoms with Crippen molar-refractivity contribution in [1.29, 1.82) is 0 Å². The highest BCUT2D eigenvalue weighted by atomic mass is 16.1. The van der Waals surface area contributed by atoms with E-state index in [4.69, 9.17) is 0 Å². The molecule has 1 aliphatic carbocycles. The van der Waals surface area contributed by atoms with Crippen LogP contribution in [0.3, 0.4) is 0 Å². The molecule has 0 spiro atoms. The van der Waals surface area contributed by atoms with Crippen LogP contribution in [0, 0.1) is 5.92 Å². The first-order chi connectivity index (χ1) is 8.33. The van der Waals surface area contributed by atoms with Crippen LogP contribution in [0.25, 0.3) is 0 Å². The van der Waals surface area contributed by atoms with Gasteiger partial charge in [0.05, 0.1) is 0 Å². The molecule has 0 N–H and O–H groups in total. The molecule has 1 fully saturated rings. The summed E-state index contributed by atoms with van der Waals surface area (Å²) in [6.45, 7) is 2.10. The molecule has 0 heterocycles. The second kappa shape index (κ2) is 6.00. The third-order valence-electron chi connectivity index (χ3n) is 3.90. The van der Waals surface area contributed by atoms with Gasteiger partial charge in [0.2, 0.25) is 0 Å². The van der Waals surface area contributed by atoms with Gasteiger partial charge in [0.15, 0.2) is 0 Å². The SMILES string of the molecule is CCCC(=O)C1CCCCC1c1ccccc1. The Balaban J connectivity index is 2.15. The number of hydrogen-bond donors (Lipinski definition) is 0. The first-order valence-electron chi connectivity index (χ1n) is 6.90. The van der Waals surface area contributed by atoms with E-state index in [1.807, 2.05) is 0 Å². The van der Waals surface area contributed by atoms with Gasteiger partial charge in [0.25, 0.3) is 0 Å². The van der Waals surface area contributed by atoms with Crippen molar-refractivity contribution in [2.45, 2.75) is 51.4 Å². The van der Waals surface area contributed by atoms with Crippen molar-refractivity contribution in [3.63, 3.8) is 0 Å². The second-order valence-electron chi connectivity index (χ2n) is 5.12. The minimum absolute atomic E-state index is 0.283. The normalized spacial score (nSPS) is 24.5. The fraction of sp³-hybridized carbons (Fsp3) is 0.562. The molecule has 1 heteroatoms. The molecule has 2 unspecified atom stereocenters. The smallest absolute Gasteiger partial charge is 0.136 e. The van der Waals surface area contributed by atoms with Gasteiger partial charge in [-0.15, -0.1) is 0 Å². The van der Waals surface area contributed by atoms with Crippen molar-refractivity contribution in [2.24, 2.45) is 5.92 Å². The minimum Gasteiger partial charge on any atom is -0.299 e. The minimum atomic E-state index is 0.283. The standard InChI is InChI=1S/C16H22O/c1-2-8-16(17)15-12-7-6-11-14(15)13-9-4-3-5-10-13/h3-5,9-10,14-15H,2,6-8,11-12H2,1H3. The van der Waals surface area contributed by atoms with E-state index in [2.05, 4.69) is 37.3 Å². The molecular formula is C16H22O. The highest BCUT2D eigenvalue weighted by molar-refractivity contribution is 5.82. The van der Waals surface area contributed by atoms with Crippen LogP contribution in [0.15, 0.2) is 30.3 Å². The van der Waals surface area contributed by atoms with E-state index in [1.165, 1.54) is 24.8 Å². The van der Waals surface area contributed by atoms with Crippen molar-refractivity contribution in [1.82, 2.24) is 0 Å². The van der Waals surface area contributed by atoms with Gasteiger partial charge in [-0.25, -0.2) is 0 Å². The first kappa shape index (κ1) is 12.3. The molecule has 0 aliphatic heterocycles. The average Bonchev–Trinajstić information content (AvgIpc) is 2.40. The zero-order chi connectivity index (χ0) is 12.1. The lowest BCUT2D eigenvalue weighted by molar-refractivity contribution is -0.124. The fourth-order valence-corrected chi connectivity index (χ4v) is 3.05. The second-order valence-corrected chi connectivity index (χ2v) is 5.12. The molecule has 1 saturated carbocycles. The maximum atomic E-state index is 12.2. The van der Waals surface area contributed by atoms with E-state index >= 15 is 0 Å². The lowest BCUT2D eigenvalue weighted by Gasteiger charge is -2.31. The highest BCUT2D eigenvalue weighted by Gasteiger charge is 2.30. The number of carbonyl (C=O) groups is 1. The summed E-state index contributed by atoms with van der Waals surface area (Å²) in [5, 5.41) is 0. The van der Waals surface area contributed by atoms with E-state index < -0.39 is 0 Å². The predicted octanol–water partition coefficient (Wildman–Crippen LogP) is 4.33. The molecule has 1 aromatic rings. The maximum Gasteiger partial charge on any atom is 0.136 e. The topological polar surface area (TPSA) is 17.1 Å². The summed E-state index contributed by atoms with van der Waals surface area (Å²) in [5.74, 6) is 1.25. The molecule has 1 aliphatic rings. The van der Waals surface area contributed by atoms with Crippen molar-refractivity contribution in [3.8, 4) is 0 Å². The predicted molar refractivity (Wildman–Crippen MR) is 71.1 cm³/mol. The van der Waals surface area contributed by atoms with Crippen molar-refractivity contribution < 1.29 is 4.79 Å². The van der Waals surface area contributed by atoms with Crippen LogP contribution in [-0.4, -0.2) is 5.78 Å². The molecule has 1 nitrogen and oxygen atoms in total. The Morgan fingerprint density at radius 1 is 1.18 bits per heavy atom. The maximum absolute atomic E-state index is 12.2. The Hall–Kier alpha value is -1.11. The van der Waals surface area contributed by atoms with E-state index in [0.717, 1.165) is 19.3 Å². The number of hydrogen-bond acceptors (Lipinski definition) is 1. The Bertz CT molecular complexity index is 355. The number of benzene rings is 1. The van der Waals surface area contributed by atoms with Gasteiger partial charge in [-0.05, 0) is 30.7 Å². The highest BCUT2D eigenvalue weighted by Crippen LogP contribution is 2.38. The van der Waals surface area contributed by atoms with E-state index in [1.54, 1.807) is 0 Å². The Kier molecular flexibility index (Phi) is 4.36. The fourth-order valence-electron chi connectivity index (χ4n) is 3.05. The van der Waals surface area contributed by atoms with Crippen LogP contribution in [0.1, 0.15) is 56.9 Å². The van der Waals surface area contributed by atoms with Gasteiger partial charge in [0, 0.05) is 12.3 Å². The van der Waals surface area contributed by atoms with Crippen LogP contribution < -0.4 is 0 Å². The van der Waals surface area contributed by atoms with Crippen molar-refractivity contribution in [3.05, 3.63) is 35.9 Å². The molecule has 2 atom stereocenters. The molecule has 2 rings (SSSR count). The summed E-state index contributed by atoms with van der Waals surface area (Å²) in [7, 11) is 0. The summed E-state index contributed by atoms with van der Waals surface area (Å²) in [5.41, 5.74) is 1.36. The van der Waals surface area contributed by atoms with Gasteiger partial charge in [-0.1, -0.05) is 50.1 Å². The zero-order valence-corrected chi connectivity index (χ0v) is 10.7. The summed E-state index contributed by atoms with van der Waals surface area (Å²) < 4.78 is 0. The number of carbonyl (C=O) groups excluding carboxylic acids is 1. The molecular weight excluding hydrogens is 208 g/mol. The van der Waals surface area contributed by atoms with Gasteiger partial charge in [-0.3, -0.25) is 4.79 Å². The average molecular weight is 230 g/mol. The summed E-state index contributed by atoms with van der Waals surface area (Å²) in [6, 6.07) is 10.6. The van der Waals surface area contributed by atoms with Crippen LogP contribution in [-0.2, 0) is 4.79 Å². The lowest BCUT2D eigenvalue weighted by atomic mass is 9.73. The molecule has 0 radical (unpaired) electrons. The van der Waals surface area contributed by atoms with Crippen molar-refractivity contribution in [2.75, 3.05) is 0 Å². The van der Waals surface area contributed by atoms with Crippen LogP contribution in [0.5, 0.6) is 0 Å². The summed E-state index contributed by atoms with van der Waals surface area (Å²) >= 11 is 0. The number of rotatable bonds is 4. The van der Waals surface area contributed by atoms with Crippen LogP contribution in [0.2, 0.25) is 0 Å². The summed E-state index contributed by atoms with van der Waals surface area (Å²) in [4.78, 5) is 12.2. The van der Waals surface area contributed by atoms with E-state index in [0.29, 0.717) is 11.7 Å². The quantitative estimate of drug-likeness (QED) is 0.752. The molecule has 92 valence electrons. The van der Waals surface area contributed by atoms with Gasteiger partial charge >= 0.3 is 0 Å². The number of Topliss-reactive ketones (excluding diaryl/α,β-unsaturated/α-hetero) is 1. The Labute approximate surface area is 104 Å². The summed E-state index contributed by atoms with van der Waals surface area (Å²) in [6.07, 6.45) is 6.52. The Morgan fingerprint density at radius 2 is 1.88 bits per heavy atom. The number of ketones is 1. The molecule has 0 bridgehead atoms. The molecule has 0 saturated heterocycles. The largest absolute Gasteiger partial charge is 0.299 e. The molecule has 17 heavy (non-hydrogen) atoms. The monoisotopic (exact) mass is 230 g/mol. The van der Waals surface area contributed by atoms with Crippen molar-refractivity contribution >= 4 is 5.78 Å². The van der Waals surface area contributed by atoms with E-state index in [9.17, 15) is 4.79 Å². The Morgan fingerprint density at radius 3 is 2.59 bits per heavy atom. The van der Waals surface area contributed by atoms with Gasteiger partial charge in [0.1, 0.15) is 5.78 Å². The third kappa shape index (κ3) is 2.96. The molecule has 0 amide bonds. The van der Waals surface area contributed by atoms with E-state index in [-0.39, 0.29) is 5.92 Å². The molecule has 0 aromatic heterocycles. The lowest BCUT2D eigenvalue weighted by Crippen LogP contribution is -2.25. The third-order valence-corrected chi connectivity index (χ3v) is 3.90.